The number of nitriles is 1. The molecule has 0 saturated carbocycles. The van der Waals surface area contributed by atoms with E-state index in [1.165, 1.54) is 11.8 Å². The lowest BCUT2D eigenvalue weighted by Gasteiger charge is -2.32. The van der Waals surface area contributed by atoms with E-state index in [0.29, 0.717) is 30.3 Å². The van der Waals surface area contributed by atoms with E-state index in [4.69, 9.17) is 14.7 Å². The highest BCUT2D eigenvalue weighted by atomic mass is 32.2. The van der Waals surface area contributed by atoms with Gasteiger partial charge in [-0.1, -0.05) is 0 Å². The van der Waals surface area contributed by atoms with E-state index in [1.807, 2.05) is 6.26 Å². The van der Waals surface area contributed by atoms with Crippen molar-refractivity contribution >= 4 is 17.7 Å². The van der Waals surface area contributed by atoms with E-state index < -0.39 is 0 Å². The molecule has 0 unspecified atom stereocenters. The summed E-state index contributed by atoms with van der Waals surface area (Å²) in [6, 6.07) is 8.95. The van der Waals surface area contributed by atoms with Crippen LogP contribution in [-0.2, 0) is 9.53 Å². The molecule has 0 radical (unpaired) electrons. The van der Waals surface area contributed by atoms with Crippen LogP contribution < -0.4 is 10.1 Å². The number of amides is 1. The Morgan fingerprint density at radius 3 is 2.95 bits per heavy atom. The van der Waals surface area contributed by atoms with Gasteiger partial charge in [-0.2, -0.15) is 17.0 Å². The summed E-state index contributed by atoms with van der Waals surface area (Å²) in [5, 5.41) is 11.8. The molecule has 0 spiro atoms. The van der Waals surface area contributed by atoms with Crippen LogP contribution in [0.5, 0.6) is 5.75 Å². The van der Waals surface area contributed by atoms with Crippen molar-refractivity contribution in [2.24, 2.45) is 0 Å². The minimum absolute atomic E-state index is 0.0165. The molecule has 1 N–H and O–H groups in total. The van der Waals surface area contributed by atoms with Crippen molar-refractivity contribution in [3.63, 3.8) is 0 Å². The van der Waals surface area contributed by atoms with Crippen LogP contribution in [-0.4, -0.2) is 43.3 Å². The van der Waals surface area contributed by atoms with Crippen molar-refractivity contribution in [1.29, 1.82) is 5.26 Å². The van der Waals surface area contributed by atoms with E-state index in [1.54, 1.807) is 24.3 Å². The molecule has 1 aliphatic rings. The number of hydrogen-bond donors (Lipinski definition) is 1. The molecule has 0 aromatic heterocycles. The van der Waals surface area contributed by atoms with Crippen LogP contribution in [0.1, 0.15) is 12.0 Å². The number of nitrogens with one attached hydrogen (secondary N) is 1. The molecule has 1 saturated heterocycles. The molecular weight excluding hydrogens is 288 g/mol. The highest BCUT2D eigenvalue weighted by Crippen LogP contribution is 2.18. The van der Waals surface area contributed by atoms with Gasteiger partial charge in [0.2, 0.25) is 5.91 Å². The lowest BCUT2D eigenvalue weighted by atomic mass is 10.1. The summed E-state index contributed by atoms with van der Waals surface area (Å²) < 4.78 is 11.3. The standard InChI is InChI=1S/C15H18N2O3S/c1-21-10-15(18)17-13-6-7-19-9-14(13)20-12-4-2-11(8-16)3-5-12/h2-5,13-14H,6-7,9-10H2,1H3,(H,17,18)/t13-,14-/m1/s1. The van der Waals surface area contributed by atoms with Crippen LogP contribution in [0, 0.1) is 11.3 Å². The third-order valence-corrected chi connectivity index (χ3v) is 3.75. The molecule has 1 fully saturated rings. The number of nitrogens with zero attached hydrogens (tertiary/aromatic N) is 1. The third kappa shape index (κ3) is 4.66. The van der Waals surface area contributed by atoms with Gasteiger partial charge in [-0.05, 0) is 36.9 Å². The molecule has 112 valence electrons. The first-order valence-corrected chi connectivity index (χ1v) is 8.15. The second-order valence-corrected chi connectivity index (χ2v) is 5.63. The minimum Gasteiger partial charge on any atom is -0.486 e. The molecule has 2 atom stereocenters. The van der Waals surface area contributed by atoms with Crippen molar-refractivity contribution in [2.75, 3.05) is 25.2 Å². The average molecular weight is 306 g/mol. The molecule has 1 aromatic rings. The Morgan fingerprint density at radius 1 is 1.52 bits per heavy atom. The Bertz CT molecular complexity index is 513. The quantitative estimate of drug-likeness (QED) is 0.894. The van der Waals surface area contributed by atoms with Gasteiger partial charge in [0.15, 0.2) is 0 Å². The van der Waals surface area contributed by atoms with Crippen LogP contribution >= 0.6 is 11.8 Å². The summed E-state index contributed by atoms with van der Waals surface area (Å²) in [6.07, 6.45) is 2.42. The molecule has 2 rings (SSSR count). The van der Waals surface area contributed by atoms with Gasteiger partial charge in [0.05, 0.1) is 30.0 Å². The summed E-state index contributed by atoms with van der Waals surface area (Å²) >= 11 is 1.49. The highest BCUT2D eigenvalue weighted by Gasteiger charge is 2.28. The van der Waals surface area contributed by atoms with Gasteiger partial charge in [0.25, 0.3) is 0 Å². The molecule has 5 nitrogen and oxygen atoms in total. The maximum absolute atomic E-state index is 11.7. The molecule has 6 heteroatoms. The number of carbonyl (C=O) groups is 1. The Morgan fingerprint density at radius 2 is 2.29 bits per heavy atom. The second kappa shape index (κ2) is 7.91. The zero-order valence-electron chi connectivity index (χ0n) is 11.9. The van der Waals surface area contributed by atoms with Gasteiger partial charge in [-0.15, -0.1) is 0 Å². The van der Waals surface area contributed by atoms with Gasteiger partial charge in [-0.3, -0.25) is 4.79 Å². The maximum Gasteiger partial charge on any atom is 0.230 e. The topological polar surface area (TPSA) is 71.3 Å². The van der Waals surface area contributed by atoms with Crippen molar-refractivity contribution < 1.29 is 14.3 Å². The van der Waals surface area contributed by atoms with E-state index >= 15 is 0 Å². The van der Waals surface area contributed by atoms with Crippen LogP contribution in [0.4, 0.5) is 0 Å². The van der Waals surface area contributed by atoms with E-state index in [2.05, 4.69) is 11.4 Å². The summed E-state index contributed by atoms with van der Waals surface area (Å²) in [4.78, 5) is 11.7. The number of hydrogen-bond acceptors (Lipinski definition) is 5. The van der Waals surface area contributed by atoms with Crippen LogP contribution in [0.3, 0.4) is 0 Å². The van der Waals surface area contributed by atoms with Crippen molar-refractivity contribution in [3.05, 3.63) is 29.8 Å². The Kier molecular flexibility index (Phi) is 5.90. The Labute approximate surface area is 128 Å². The smallest absolute Gasteiger partial charge is 0.230 e. The SMILES string of the molecule is CSCC(=O)N[C@@H]1CCOC[C@H]1Oc1ccc(C#N)cc1. The average Bonchev–Trinajstić information content (AvgIpc) is 2.50. The fourth-order valence-electron chi connectivity index (χ4n) is 2.16. The van der Waals surface area contributed by atoms with Crippen LogP contribution in [0.2, 0.25) is 0 Å². The normalized spacial score (nSPS) is 21.3. The predicted octanol–water partition coefficient (Wildman–Crippen LogP) is 1.57. The van der Waals surface area contributed by atoms with E-state index in [-0.39, 0.29) is 18.1 Å². The molecular formula is C15H18N2O3S. The highest BCUT2D eigenvalue weighted by molar-refractivity contribution is 7.99. The van der Waals surface area contributed by atoms with Gasteiger partial charge >= 0.3 is 0 Å². The van der Waals surface area contributed by atoms with Crippen molar-refractivity contribution in [3.8, 4) is 11.8 Å². The summed E-state index contributed by atoms with van der Waals surface area (Å²) in [5.74, 6) is 1.14. The maximum atomic E-state index is 11.7. The predicted molar refractivity (Wildman–Crippen MR) is 81.3 cm³/mol. The van der Waals surface area contributed by atoms with E-state index in [0.717, 1.165) is 6.42 Å². The van der Waals surface area contributed by atoms with Crippen molar-refractivity contribution in [1.82, 2.24) is 5.32 Å². The van der Waals surface area contributed by atoms with E-state index in [9.17, 15) is 4.79 Å². The largest absolute Gasteiger partial charge is 0.486 e. The first-order valence-electron chi connectivity index (χ1n) is 6.76. The third-order valence-electron chi connectivity index (χ3n) is 3.20. The summed E-state index contributed by atoms with van der Waals surface area (Å²) in [5.41, 5.74) is 0.590. The molecule has 21 heavy (non-hydrogen) atoms. The lowest BCUT2D eigenvalue weighted by molar-refractivity contribution is -0.121. The summed E-state index contributed by atoms with van der Waals surface area (Å²) in [7, 11) is 0. The summed E-state index contributed by atoms with van der Waals surface area (Å²) in [6.45, 7) is 1.07. The Balaban J connectivity index is 1.97. The van der Waals surface area contributed by atoms with Crippen molar-refractivity contribution in [2.45, 2.75) is 18.6 Å². The fourth-order valence-corrected chi connectivity index (χ4v) is 2.50. The van der Waals surface area contributed by atoms with Gasteiger partial charge < -0.3 is 14.8 Å². The first kappa shape index (κ1) is 15.7. The number of thioether (sulfide) groups is 1. The minimum atomic E-state index is -0.211. The van der Waals surface area contributed by atoms with Crippen LogP contribution in [0.15, 0.2) is 24.3 Å². The number of benzene rings is 1. The number of carbonyl (C=O) groups excluding carboxylic acids is 1. The Hall–Kier alpha value is -1.71. The van der Waals surface area contributed by atoms with Gasteiger partial charge in [0, 0.05) is 6.61 Å². The zero-order chi connectivity index (χ0) is 15.1. The van der Waals surface area contributed by atoms with Crippen LogP contribution in [0.25, 0.3) is 0 Å². The molecule has 0 bridgehead atoms. The monoisotopic (exact) mass is 306 g/mol. The van der Waals surface area contributed by atoms with Gasteiger partial charge in [-0.25, -0.2) is 0 Å². The lowest BCUT2D eigenvalue weighted by Crippen LogP contribution is -2.51. The molecule has 1 aromatic carbocycles. The second-order valence-electron chi connectivity index (χ2n) is 4.76. The first-order chi connectivity index (χ1) is 10.2. The molecule has 1 heterocycles. The molecule has 1 amide bonds. The zero-order valence-corrected chi connectivity index (χ0v) is 12.7. The molecule has 0 aliphatic carbocycles. The number of rotatable bonds is 5. The fraction of sp³-hybridized carbons (Fsp3) is 0.467. The number of ether oxygens (including phenoxy) is 2. The van der Waals surface area contributed by atoms with Gasteiger partial charge in [0.1, 0.15) is 11.9 Å². The molecule has 1 aliphatic heterocycles.